The molecule has 326 valence electrons. The van der Waals surface area contributed by atoms with Gasteiger partial charge in [-0.1, -0.05) is 20.8 Å². The van der Waals surface area contributed by atoms with Gasteiger partial charge < -0.3 is 0 Å². The molecular formula is C59H54N4OPt. The van der Waals surface area contributed by atoms with Crippen molar-refractivity contribution in [3.05, 3.63) is 203 Å². The Morgan fingerprint density at radius 1 is 0.538 bits per heavy atom. The summed E-state index contributed by atoms with van der Waals surface area (Å²) < 4.78 is 13.0. The summed E-state index contributed by atoms with van der Waals surface area (Å²) in [7, 11) is 0. The summed E-state index contributed by atoms with van der Waals surface area (Å²) in [5.41, 5.74) is 16.3. The molecule has 1 aliphatic heterocycles. The van der Waals surface area contributed by atoms with E-state index in [1.165, 1.54) is 38.9 Å². The van der Waals surface area contributed by atoms with Gasteiger partial charge in [0, 0.05) is 6.20 Å². The van der Waals surface area contributed by atoms with E-state index in [1.54, 1.807) is 0 Å². The summed E-state index contributed by atoms with van der Waals surface area (Å²) in [6.07, 6.45) is 4.00. The van der Waals surface area contributed by atoms with E-state index in [0.29, 0.717) is 0 Å². The third-order valence-electron chi connectivity index (χ3n) is 12.7. The summed E-state index contributed by atoms with van der Waals surface area (Å²) in [5.74, 6) is 2.55. The second kappa shape index (κ2) is 17.1. The fourth-order valence-corrected chi connectivity index (χ4v) is 10.3. The Balaban J connectivity index is 1.14. The molecule has 10 rings (SSSR count). The summed E-state index contributed by atoms with van der Waals surface area (Å²) in [6.45, 7) is 14.6. The first-order chi connectivity index (χ1) is 31.4. The van der Waals surface area contributed by atoms with Crippen LogP contribution in [0.25, 0.3) is 55.8 Å². The van der Waals surface area contributed by atoms with Gasteiger partial charge in [0.15, 0.2) is 0 Å². The number of anilines is 2. The van der Waals surface area contributed by atoms with E-state index >= 15 is 0 Å². The summed E-state index contributed by atoms with van der Waals surface area (Å²) >= 11 is 2.53. The number of benzene rings is 7. The number of hydrogen-bond acceptors (Lipinski definition) is 3. The molecule has 7 aromatic carbocycles. The zero-order valence-corrected chi connectivity index (χ0v) is 40.2. The number of nitrogens with zero attached hydrogens (tertiary/aromatic N) is 4. The first kappa shape index (κ1) is 42.4. The monoisotopic (exact) mass is 1030 g/mol. The van der Waals surface area contributed by atoms with Crippen molar-refractivity contribution in [3.8, 4) is 56.3 Å². The molecule has 0 N–H and O–H groups in total. The van der Waals surface area contributed by atoms with Crippen LogP contribution in [-0.4, -0.2) is 20.7 Å². The Hall–Kier alpha value is -6.55. The molecule has 5 nitrogen and oxygen atoms in total. The minimum absolute atomic E-state index is 0.0141. The molecule has 6 heteroatoms. The topological polar surface area (TPSA) is 35.2 Å². The molecule has 2 aromatic heterocycles. The predicted molar refractivity (Wildman–Crippen MR) is 266 cm³/mol. The van der Waals surface area contributed by atoms with Crippen molar-refractivity contribution >= 4 is 22.5 Å². The summed E-state index contributed by atoms with van der Waals surface area (Å²) in [5, 5.41) is 0. The van der Waals surface area contributed by atoms with Crippen molar-refractivity contribution in [3.63, 3.8) is 0 Å². The number of para-hydroxylation sites is 2. The average molecular weight is 1030 g/mol. The quantitative estimate of drug-likeness (QED) is 0.152. The van der Waals surface area contributed by atoms with Crippen molar-refractivity contribution < 1.29 is 24.1 Å². The second-order valence-electron chi connectivity index (χ2n) is 19.2. The van der Waals surface area contributed by atoms with Gasteiger partial charge in [0.2, 0.25) is 0 Å². The number of imidazole rings is 1. The van der Waals surface area contributed by atoms with Crippen LogP contribution in [0.3, 0.4) is 0 Å². The maximum atomic E-state index is 7.13. The van der Waals surface area contributed by atoms with Gasteiger partial charge in [-0.2, -0.15) is 0 Å². The van der Waals surface area contributed by atoms with Crippen LogP contribution in [0.4, 0.5) is 11.5 Å². The number of aromatic nitrogens is 3. The molecule has 0 atom stereocenters. The number of rotatable bonds is 8. The van der Waals surface area contributed by atoms with Gasteiger partial charge in [0.25, 0.3) is 0 Å². The Labute approximate surface area is 394 Å². The predicted octanol–water partition coefficient (Wildman–Crippen LogP) is 15.4. The normalized spacial score (nSPS) is 13.0. The molecule has 0 radical (unpaired) electrons. The van der Waals surface area contributed by atoms with Crippen LogP contribution >= 0.6 is 0 Å². The Morgan fingerprint density at radius 3 is 1.71 bits per heavy atom. The molecule has 0 saturated carbocycles. The molecule has 0 unspecified atom stereocenters. The third kappa shape index (κ3) is 8.24. The molecule has 9 aromatic rings. The molecule has 0 fully saturated rings. The van der Waals surface area contributed by atoms with Crippen LogP contribution < -0.4 is 9.64 Å². The van der Waals surface area contributed by atoms with Crippen LogP contribution in [0, 0.1) is 3.80 Å². The van der Waals surface area contributed by atoms with E-state index in [0.717, 1.165) is 79.7 Å². The molecule has 0 aliphatic carbocycles. The van der Waals surface area contributed by atoms with E-state index in [4.69, 9.17) is 9.72 Å². The molecule has 0 amide bonds. The van der Waals surface area contributed by atoms with Crippen LogP contribution in [-0.2, 0) is 36.6 Å². The van der Waals surface area contributed by atoms with Gasteiger partial charge in [0.1, 0.15) is 0 Å². The Bertz CT molecular complexity index is 3190. The number of hydrogen-bond donors (Lipinski definition) is 0. The Kier molecular flexibility index (Phi) is 11.2. The standard InChI is InChI=1S/C59H54N4O.Pt/c1-58(2,3)45-31-32-60-56(37-45)61-33-19-26-44-34-49(41-20-10-7-11-21-41)55(39-54(44)61)64-48-28-18-27-47(38-48)62-40-63(53-30-17-16-29-52(53)62)57-50(42-22-12-8-13-23-42)35-46(59(4,5)6)36-51(57)43-24-14-9-15-25-43;/h7-18,20-25,27-32,34-39H,19,26,33H2,1-6H3;. The summed E-state index contributed by atoms with van der Waals surface area (Å²) in [4.78, 5) is 7.29. The summed E-state index contributed by atoms with van der Waals surface area (Å²) in [6, 6.07) is 63.4. The fourth-order valence-electron chi connectivity index (χ4n) is 9.18. The molecule has 1 aliphatic rings. The molecule has 0 saturated heterocycles. The number of pyridine rings is 1. The molecule has 65 heavy (non-hydrogen) atoms. The van der Waals surface area contributed by atoms with E-state index in [2.05, 4.69) is 251 Å². The van der Waals surface area contributed by atoms with Gasteiger partial charge >= 0.3 is 352 Å². The van der Waals surface area contributed by atoms with E-state index in [9.17, 15) is 0 Å². The van der Waals surface area contributed by atoms with E-state index in [-0.39, 0.29) is 10.8 Å². The number of ether oxygens (including phenoxy) is 1. The molecular weight excluding hydrogens is 976 g/mol. The second-order valence-corrected chi connectivity index (χ2v) is 20.2. The van der Waals surface area contributed by atoms with Gasteiger partial charge in [-0.3, -0.25) is 0 Å². The molecule has 0 spiro atoms. The molecule has 3 heterocycles. The van der Waals surface area contributed by atoms with Crippen LogP contribution in [0.5, 0.6) is 11.5 Å². The van der Waals surface area contributed by atoms with Gasteiger partial charge in [-0.15, -0.1) is 0 Å². The van der Waals surface area contributed by atoms with Crippen molar-refractivity contribution in [2.24, 2.45) is 0 Å². The molecule has 0 bridgehead atoms. The van der Waals surface area contributed by atoms with Crippen molar-refractivity contribution in [2.75, 3.05) is 11.4 Å². The first-order valence-electron chi connectivity index (χ1n) is 22.6. The zero-order chi connectivity index (χ0) is 44.9. The number of aryl methyl sites for hydroxylation is 1. The van der Waals surface area contributed by atoms with E-state index < -0.39 is 0 Å². The maximum absolute atomic E-state index is 7.13. The van der Waals surface area contributed by atoms with Gasteiger partial charge in [-0.25, -0.2) is 0 Å². The van der Waals surface area contributed by atoms with Crippen LogP contribution in [0.2, 0.25) is 0 Å². The number of fused-ring (bicyclic) bond motifs is 2. The van der Waals surface area contributed by atoms with Crippen LogP contribution in [0.1, 0.15) is 64.7 Å². The first-order valence-corrected chi connectivity index (χ1v) is 23.8. The van der Waals surface area contributed by atoms with Crippen molar-refractivity contribution in [2.45, 2.75) is 65.2 Å². The van der Waals surface area contributed by atoms with Crippen LogP contribution in [0.15, 0.2) is 182 Å². The zero-order valence-electron chi connectivity index (χ0n) is 38.0. The van der Waals surface area contributed by atoms with Gasteiger partial charge in [-0.05, 0) is 17.0 Å². The fraction of sp³-hybridized carbons (Fsp3) is 0.186. The van der Waals surface area contributed by atoms with Crippen molar-refractivity contribution in [1.82, 2.24) is 14.1 Å². The van der Waals surface area contributed by atoms with E-state index in [1.807, 2.05) is 6.20 Å². The Morgan fingerprint density at radius 2 is 1.11 bits per heavy atom. The minimum atomic E-state index is -0.0665. The third-order valence-corrected chi connectivity index (χ3v) is 13.7. The SMILES string of the molecule is CC(C)(C)c1ccnc(N2CCCc3cc(-c4ccccc4)c(Oc4cccc(-n5[c](=[Pt])n(-c6c(-c7ccccc7)cc(C(C)(C)C)cc6-c6ccccc6)c6ccccc65)c4)cc32)c1. The average Bonchev–Trinajstić information content (AvgIpc) is 3.62. The van der Waals surface area contributed by atoms with Crippen molar-refractivity contribution in [1.29, 1.82) is 0 Å². The van der Waals surface area contributed by atoms with Gasteiger partial charge in [0.05, 0.1) is 0 Å².